The van der Waals surface area contributed by atoms with Crippen LogP contribution in [0.5, 0.6) is 0 Å². The molecule has 6 nitrogen and oxygen atoms in total. The minimum absolute atomic E-state index is 0. The van der Waals surface area contributed by atoms with Crippen LogP contribution in [-0.2, 0) is 14.6 Å². The number of rotatable bonds is 9. The van der Waals surface area contributed by atoms with E-state index in [0.29, 0.717) is 24.0 Å². The molecule has 0 atom stereocenters. The number of ether oxygens (including phenoxy) is 1. The summed E-state index contributed by atoms with van der Waals surface area (Å²) in [6, 6.07) is 8.50. The molecule has 0 aliphatic heterocycles. The van der Waals surface area contributed by atoms with Gasteiger partial charge in [0, 0.05) is 33.8 Å². The predicted octanol–water partition coefficient (Wildman–Crippen LogP) is 2.01. The number of hydrogen-bond acceptors (Lipinski definition) is 4. The summed E-state index contributed by atoms with van der Waals surface area (Å²) in [5.41, 5.74) is 0. The second kappa shape index (κ2) is 11.0. The van der Waals surface area contributed by atoms with E-state index in [1.165, 1.54) is 12.8 Å². The van der Waals surface area contributed by atoms with Crippen molar-refractivity contribution in [1.29, 1.82) is 0 Å². The lowest BCUT2D eigenvalue weighted by molar-refractivity contribution is 0.115. The first-order valence-electron chi connectivity index (χ1n) is 8.30. The molecule has 1 N–H and O–H groups in total. The molecule has 0 bridgehead atoms. The standard InChI is InChI=1S/C17H27N3O3S.HI/c1-18-17(20(2)11-12-23-14-15-8-9-15)19-10-13-24(21,22)16-6-4-3-5-7-16;/h3-7,15H,8-14H2,1-2H3,(H,18,19);1H. The molecular formula is C17H28IN3O3S. The second-order valence-electron chi connectivity index (χ2n) is 6.05. The molecule has 0 aromatic heterocycles. The maximum atomic E-state index is 12.2. The van der Waals surface area contributed by atoms with Crippen molar-refractivity contribution in [3.8, 4) is 0 Å². The van der Waals surface area contributed by atoms with E-state index in [2.05, 4.69) is 10.3 Å². The highest BCUT2D eigenvalue weighted by atomic mass is 127. The molecule has 1 aliphatic carbocycles. The van der Waals surface area contributed by atoms with Gasteiger partial charge >= 0.3 is 0 Å². The van der Waals surface area contributed by atoms with Gasteiger partial charge < -0.3 is 15.0 Å². The summed E-state index contributed by atoms with van der Waals surface area (Å²) < 4.78 is 30.1. The molecule has 1 fully saturated rings. The average molecular weight is 481 g/mol. The second-order valence-corrected chi connectivity index (χ2v) is 8.15. The number of likely N-dealkylation sites (N-methyl/N-ethyl adjacent to an activating group) is 1. The highest BCUT2D eigenvalue weighted by Crippen LogP contribution is 2.28. The highest BCUT2D eigenvalue weighted by Gasteiger charge is 2.21. The lowest BCUT2D eigenvalue weighted by atomic mass is 10.4. The predicted molar refractivity (Wildman–Crippen MR) is 111 cm³/mol. The molecule has 0 unspecified atom stereocenters. The molecule has 1 aliphatic rings. The van der Waals surface area contributed by atoms with E-state index in [4.69, 9.17) is 4.74 Å². The Morgan fingerprint density at radius 1 is 1.32 bits per heavy atom. The first kappa shape index (κ1) is 22.2. The van der Waals surface area contributed by atoms with Gasteiger partial charge in [0.15, 0.2) is 15.8 Å². The molecule has 0 saturated heterocycles. The molecule has 1 aromatic carbocycles. The van der Waals surface area contributed by atoms with E-state index in [1.807, 2.05) is 11.9 Å². The fourth-order valence-electron chi connectivity index (χ4n) is 2.27. The summed E-state index contributed by atoms with van der Waals surface area (Å²) in [5.74, 6) is 1.46. The quantitative estimate of drug-likeness (QED) is 0.253. The number of halogens is 1. The Morgan fingerprint density at radius 3 is 2.60 bits per heavy atom. The minimum atomic E-state index is -3.27. The third-order valence-electron chi connectivity index (χ3n) is 3.95. The number of guanidine groups is 1. The van der Waals surface area contributed by atoms with Crippen LogP contribution in [0.25, 0.3) is 0 Å². The Balaban J connectivity index is 0.00000312. The van der Waals surface area contributed by atoms with E-state index >= 15 is 0 Å². The van der Waals surface area contributed by atoms with Crippen molar-refractivity contribution in [3.63, 3.8) is 0 Å². The van der Waals surface area contributed by atoms with Crippen molar-refractivity contribution in [2.24, 2.45) is 10.9 Å². The van der Waals surface area contributed by atoms with Crippen LogP contribution in [0.15, 0.2) is 40.2 Å². The fourth-order valence-corrected chi connectivity index (χ4v) is 3.45. The summed E-state index contributed by atoms with van der Waals surface area (Å²) in [7, 11) is 0.334. The topological polar surface area (TPSA) is 71.0 Å². The molecule has 1 saturated carbocycles. The first-order chi connectivity index (χ1) is 11.5. The Morgan fingerprint density at radius 2 is 2.00 bits per heavy atom. The summed E-state index contributed by atoms with van der Waals surface area (Å²) in [4.78, 5) is 6.48. The zero-order chi connectivity index (χ0) is 17.4. The molecule has 0 radical (unpaired) electrons. The summed E-state index contributed by atoms with van der Waals surface area (Å²) in [6.07, 6.45) is 2.57. The van der Waals surface area contributed by atoms with Gasteiger partial charge in [-0.25, -0.2) is 8.42 Å². The van der Waals surface area contributed by atoms with Gasteiger partial charge in [0.25, 0.3) is 0 Å². The Labute approximate surface area is 168 Å². The van der Waals surface area contributed by atoms with Crippen LogP contribution in [0.3, 0.4) is 0 Å². The maximum absolute atomic E-state index is 12.2. The SMILES string of the molecule is CN=C(NCCS(=O)(=O)c1ccccc1)N(C)CCOCC1CC1.I. The van der Waals surface area contributed by atoms with E-state index in [0.717, 1.165) is 19.1 Å². The van der Waals surface area contributed by atoms with E-state index < -0.39 is 9.84 Å². The molecule has 8 heteroatoms. The van der Waals surface area contributed by atoms with Gasteiger partial charge in [-0.1, -0.05) is 18.2 Å². The van der Waals surface area contributed by atoms with Crippen molar-refractivity contribution < 1.29 is 13.2 Å². The van der Waals surface area contributed by atoms with Crippen molar-refractivity contribution >= 4 is 39.8 Å². The van der Waals surface area contributed by atoms with Gasteiger partial charge in [-0.2, -0.15) is 0 Å². The van der Waals surface area contributed by atoms with Crippen molar-refractivity contribution in [2.75, 3.05) is 46.2 Å². The van der Waals surface area contributed by atoms with Crippen LogP contribution in [-0.4, -0.2) is 65.4 Å². The normalized spacial score (nSPS) is 14.7. The highest BCUT2D eigenvalue weighted by molar-refractivity contribution is 14.0. The Kier molecular flexibility index (Phi) is 9.73. The maximum Gasteiger partial charge on any atom is 0.193 e. The van der Waals surface area contributed by atoms with Crippen molar-refractivity contribution in [1.82, 2.24) is 10.2 Å². The van der Waals surface area contributed by atoms with Crippen LogP contribution >= 0.6 is 24.0 Å². The van der Waals surface area contributed by atoms with Crippen molar-refractivity contribution in [3.05, 3.63) is 30.3 Å². The van der Waals surface area contributed by atoms with Gasteiger partial charge in [-0.05, 0) is 30.9 Å². The van der Waals surface area contributed by atoms with Gasteiger partial charge in [-0.3, -0.25) is 4.99 Å². The molecule has 0 spiro atoms. The summed E-state index contributed by atoms with van der Waals surface area (Å²) in [5, 5.41) is 3.10. The molecular weight excluding hydrogens is 453 g/mol. The number of aliphatic imine (C=N–C) groups is 1. The average Bonchev–Trinajstić information content (AvgIpc) is 3.40. The van der Waals surface area contributed by atoms with Crippen LogP contribution < -0.4 is 5.32 Å². The monoisotopic (exact) mass is 481 g/mol. The third kappa shape index (κ3) is 7.91. The summed E-state index contributed by atoms with van der Waals surface area (Å²) >= 11 is 0. The van der Waals surface area contributed by atoms with E-state index in [-0.39, 0.29) is 29.7 Å². The zero-order valence-corrected chi connectivity index (χ0v) is 18.0. The molecule has 25 heavy (non-hydrogen) atoms. The number of benzene rings is 1. The molecule has 0 amide bonds. The molecule has 1 aromatic rings. The zero-order valence-electron chi connectivity index (χ0n) is 14.8. The van der Waals surface area contributed by atoms with Crippen LogP contribution in [0.4, 0.5) is 0 Å². The Hall–Kier alpha value is -0.870. The largest absolute Gasteiger partial charge is 0.379 e. The van der Waals surface area contributed by atoms with Gasteiger partial charge in [0.1, 0.15) is 0 Å². The lowest BCUT2D eigenvalue weighted by Gasteiger charge is -2.22. The van der Waals surface area contributed by atoms with E-state index in [1.54, 1.807) is 37.4 Å². The van der Waals surface area contributed by atoms with Crippen molar-refractivity contribution in [2.45, 2.75) is 17.7 Å². The van der Waals surface area contributed by atoms with Crippen LogP contribution in [0, 0.1) is 5.92 Å². The minimum Gasteiger partial charge on any atom is -0.379 e. The Bertz CT molecular complexity index is 634. The lowest BCUT2D eigenvalue weighted by Crippen LogP contribution is -2.42. The fraction of sp³-hybridized carbons (Fsp3) is 0.588. The first-order valence-corrected chi connectivity index (χ1v) is 9.95. The summed E-state index contributed by atoms with van der Waals surface area (Å²) in [6.45, 7) is 2.53. The van der Waals surface area contributed by atoms with Crippen LogP contribution in [0.1, 0.15) is 12.8 Å². The molecule has 142 valence electrons. The van der Waals surface area contributed by atoms with E-state index in [9.17, 15) is 8.42 Å². The third-order valence-corrected chi connectivity index (χ3v) is 5.68. The number of sulfone groups is 1. The number of hydrogen-bond donors (Lipinski definition) is 1. The molecule has 0 heterocycles. The van der Waals surface area contributed by atoms with Crippen LogP contribution in [0.2, 0.25) is 0 Å². The van der Waals surface area contributed by atoms with Gasteiger partial charge in [0.2, 0.25) is 0 Å². The number of nitrogens with one attached hydrogen (secondary N) is 1. The van der Waals surface area contributed by atoms with Gasteiger partial charge in [0.05, 0.1) is 17.3 Å². The number of nitrogens with zero attached hydrogens (tertiary/aromatic N) is 2. The van der Waals surface area contributed by atoms with Gasteiger partial charge in [-0.15, -0.1) is 24.0 Å². The smallest absolute Gasteiger partial charge is 0.193 e. The molecule has 2 rings (SSSR count).